The van der Waals surface area contributed by atoms with Gasteiger partial charge in [-0.05, 0) is 42.9 Å². The van der Waals surface area contributed by atoms with Crippen LogP contribution in [0.2, 0.25) is 0 Å². The van der Waals surface area contributed by atoms with Crippen LogP contribution in [0.3, 0.4) is 0 Å². The second kappa shape index (κ2) is 13.3. The Balaban J connectivity index is 0.00000338. The first-order valence-corrected chi connectivity index (χ1v) is 8.70. The molecule has 0 aliphatic heterocycles. The van der Waals surface area contributed by atoms with Gasteiger partial charge in [-0.25, -0.2) is 0 Å². The highest BCUT2D eigenvalue weighted by atomic mass is 35.5. The predicted octanol–water partition coefficient (Wildman–Crippen LogP) is 3.76. The molecule has 0 spiro atoms. The maximum atomic E-state index is 12.1. The van der Waals surface area contributed by atoms with Gasteiger partial charge in [0.1, 0.15) is 12.4 Å². The van der Waals surface area contributed by atoms with Crippen molar-refractivity contribution in [2.45, 2.75) is 20.4 Å². The van der Waals surface area contributed by atoms with Crippen LogP contribution in [0.15, 0.2) is 48.5 Å². The molecule has 5 nitrogen and oxygen atoms in total. The molecule has 0 aliphatic carbocycles. The molecule has 0 bridgehead atoms. The first kappa shape index (κ1) is 25.1. The normalized spacial score (nSPS) is 9.89. The molecule has 3 N–H and O–H groups in total. The van der Waals surface area contributed by atoms with Gasteiger partial charge in [-0.3, -0.25) is 4.79 Å². The fourth-order valence-corrected chi connectivity index (χ4v) is 2.52. The SMILES string of the molecule is CCN(CC)CCOc1ccc(CNC(=O)c2ccccc2N)cc1.Cl.Cl. The fraction of sp³-hybridized carbons (Fsp3) is 0.350. The number of nitrogens with zero attached hydrogens (tertiary/aromatic N) is 1. The number of para-hydroxylation sites is 1. The molecule has 2 aromatic carbocycles. The van der Waals surface area contributed by atoms with Gasteiger partial charge in [0.2, 0.25) is 0 Å². The molecule has 0 unspecified atom stereocenters. The van der Waals surface area contributed by atoms with E-state index in [-0.39, 0.29) is 30.7 Å². The van der Waals surface area contributed by atoms with Crippen molar-refractivity contribution in [3.05, 3.63) is 59.7 Å². The number of rotatable bonds is 9. The number of carbonyl (C=O) groups excluding carboxylic acids is 1. The van der Waals surface area contributed by atoms with E-state index in [4.69, 9.17) is 10.5 Å². The lowest BCUT2D eigenvalue weighted by Crippen LogP contribution is -2.27. The van der Waals surface area contributed by atoms with Crippen molar-refractivity contribution in [1.82, 2.24) is 10.2 Å². The summed E-state index contributed by atoms with van der Waals surface area (Å²) in [7, 11) is 0. The lowest BCUT2D eigenvalue weighted by Gasteiger charge is -2.18. The molecule has 0 heterocycles. The molecule has 150 valence electrons. The smallest absolute Gasteiger partial charge is 0.253 e. The number of likely N-dealkylation sites (N-methyl/N-ethyl adjacent to an activating group) is 1. The zero-order chi connectivity index (χ0) is 18.1. The molecular weight excluding hydrogens is 385 g/mol. The van der Waals surface area contributed by atoms with Gasteiger partial charge in [0.05, 0.1) is 5.56 Å². The number of benzene rings is 2. The van der Waals surface area contributed by atoms with Crippen LogP contribution >= 0.6 is 24.8 Å². The monoisotopic (exact) mass is 413 g/mol. The van der Waals surface area contributed by atoms with Crippen LogP contribution in [-0.4, -0.2) is 37.0 Å². The van der Waals surface area contributed by atoms with E-state index in [0.717, 1.165) is 30.9 Å². The minimum atomic E-state index is -0.169. The number of nitrogens with two attached hydrogens (primary N) is 1. The third kappa shape index (κ3) is 8.08. The van der Waals surface area contributed by atoms with Crippen LogP contribution in [0.25, 0.3) is 0 Å². The number of ether oxygens (including phenoxy) is 1. The number of halogens is 2. The van der Waals surface area contributed by atoms with Crippen LogP contribution in [0, 0.1) is 0 Å². The van der Waals surface area contributed by atoms with Crippen LogP contribution < -0.4 is 15.8 Å². The van der Waals surface area contributed by atoms with E-state index in [9.17, 15) is 4.79 Å². The predicted molar refractivity (Wildman–Crippen MR) is 116 cm³/mol. The summed E-state index contributed by atoms with van der Waals surface area (Å²) >= 11 is 0. The molecule has 1 amide bonds. The topological polar surface area (TPSA) is 67.6 Å². The minimum Gasteiger partial charge on any atom is -0.492 e. The van der Waals surface area contributed by atoms with E-state index in [1.165, 1.54) is 0 Å². The molecule has 0 fully saturated rings. The number of hydrogen-bond acceptors (Lipinski definition) is 4. The second-order valence-electron chi connectivity index (χ2n) is 5.79. The van der Waals surface area contributed by atoms with E-state index in [2.05, 4.69) is 24.1 Å². The molecule has 0 saturated carbocycles. The van der Waals surface area contributed by atoms with Crippen molar-refractivity contribution >= 4 is 36.4 Å². The summed E-state index contributed by atoms with van der Waals surface area (Å²) < 4.78 is 5.76. The standard InChI is InChI=1S/C20H27N3O2.2ClH/c1-3-23(4-2)13-14-25-17-11-9-16(10-12-17)15-22-20(24)18-7-5-6-8-19(18)21;;/h5-12H,3-4,13-15,21H2,1-2H3,(H,22,24);2*1H. The number of nitrogen functional groups attached to an aromatic ring is 1. The second-order valence-corrected chi connectivity index (χ2v) is 5.79. The summed E-state index contributed by atoms with van der Waals surface area (Å²) in [6.45, 7) is 8.40. The van der Waals surface area contributed by atoms with Crippen LogP contribution in [0.4, 0.5) is 5.69 Å². The van der Waals surface area contributed by atoms with Crippen molar-refractivity contribution in [3.63, 3.8) is 0 Å². The van der Waals surface area contributed by atoms with Crippen molar-refractivity contribution in [2.24, 2.45) is 0 Å². The summed E-state index contributed by atoms with van der Waals surface area (Å²) in [6.07, 6.45) is 0. The van der Waals surface area contributed by atoms with Gasteiger partial charge in [-0.15, -0.1) is 24.8 Å². The lowest BCUT2D eigenvalue weighted by atomic mass is 10.1. The summed E-state index contributed by atoms with van der Waals surface area (Å²) in [6, 6.07) is 14.8. The minimum absolute atomic E-state index is 0. The van der Waals surface area contributed by atoms with Crippen molar-refractivity contribution in [2.75, 3.05) is 32.0 Å². The van der Waals surface area contributed by atoms with Crippen molar-refractivity contribution in [3.8, 4) is 5.75 Å². The molecule has 0 saturated heterocycles. The number of nitrogens with one attached hydrogen (secondary N) is 1. The highest BCUT2D eigenvalue weighted by Crippen LogP contribution is 2.13. The molecule has 0 aliphatic rings. The molecule has 27 heavy (non-hydrogen) atoms. The van der Waals surface area contributed by atoms with Gasteiger partial charge in [0.25, 0.3) is 5.91 Å². The number of hydrogen-bond donors (Lipinski definition) is 2. The summed E-state index contributed by atoms with van der Waals surface area (Å²) in [5.41, 5.74) is 7.81. The highest BCUT2D eigenvalue weighted by molar-refractivity contribution is 5.98. The Hall–Kier alpha value is -1.95. The Morgan fingerprint density at radius 2 is 1.67 bits per heavy atom. The quantitative estimate of drug-likeness (QED) is 0.613. The zero-order valence-corrected chi connectivity index (χ0v) is 17.4. The van der Waals surface area contributed by atoms with Gasteiger partial charge in [0.15, 0.2) is 0 Å². The molecule has 7 heteroatoms. The van der Waals surface area contributed by atoms with Crippen LogP contribution in [-0.2, 0) is 6.54 Å². The highest BCUT2D eigenvalue weighted by Gasteiger charge is 2.08. The Morgan fingerprint density at radius 3 is 2.26 bits per heavy atom. The first-order chi connectivity index (χ1) is 12.1. The van der Waals surface area contributed by atoms with E-state index in [0.29, 0.717) is 24.4 Å². The maximum absolute atomic E-state index is 12.1. The fourth-order valence-electron chi connectivity index (χ4n) is 2.52. The number of amides is 1. The molecule has 0 aromatic heterocycles. The van der Waals surface area contributed by atoms with E-state index >= 15 is 0 Å². The van der Waals surface area contributed by atoms with Crippen molar-refractivity contribution in [1.29, 1.82) is 0 Å². The van der Waals surface area contributed by atoms with Crippen molar-refractivity contribution < 1.29 is 9.53 Å². The zero-order valence-electron chi connectivity index (χ0n) is 15.8. The Labute approximate surface area is 174 Å². The summed E-state index contributed by atoms with van der Waals surface area (Å²) in [5, 5.41) is 2.88. The third-order valence-electron chi connectivity index (χ3n) is 4.15. The molecular formula is C20H29Cl2N3O2. The molecule has 0 radical (unpaired) electrons. The van der Waals surface area contributed by atoms with Gasteiger partial charge in [-0.2, -0.15) is 0 Å². The summed E-state index contributed by atoms with van der Waals surface area (Å²) in [5.74, 6) is 0.673. The van der Waals surface area contributed by atoms with Gasteiger partial charge < -0.3 is 20.7 Å². The average Bonchev–Trinajstić information content (AvgIpc) is 2.64. The summed E-state index contributed by atoms with van der Waals surface area (Å²) in [4.78, 5) is 14.5. The average molecular weight is 414 g/mol. The van der Waals surface area contributed by atoms with Gasteiger partial charge in [0, 0.05) is 18.8 Å². The maximum Gasteiger partial charge on any atom is 0.253 e. The van der Waals surface area contributed by atoms with Gasteiger partial charge in [-0.1, -0.05) is 38.1 Å². The van der Waals surface area contributed by atoms with E-state index < -0.39 is 0 Å². The van der Waals surface area contributed by atoms with Crippen LogP contribution in [0.5, 0.6) is 5.75 Å². The molecule has 2 rings (SSSR count). The number of anilines is 1. The Kier molecular flexibility index (Phi) is 12.3. The Bertz CT molecular complexity index is 677. The van der Waals surface area contributed by atoms with Gasteiger partial charge >= 0.3 is 0 Å². The third-order valence-corrected chi connectivity index (χ3v) is 4.15. The lowest BCUT2D eigenvalue weighted by molar-refractivity contribution is 0.0952. The number of carbonyl (C=O) groups is 1. The van der Waals surface area contributed by atoms with E-state index in [1.807, 2.05) is 30.3 Å². The molecule has 2 aromatic rings. The van der Waals surface area contributed by atoms with Crippen LogP contribution in [0.1, 0.15) is 29.8 Å². The largest absolute Gasteiger partial charge is 0.492 e. The van der Waals surface area contributed by atoms with E-state index in [1.54, 1.807) is 18.2 Å². The first-order valence-electron chi connectivity index (χ1n) is 8.70. The molecule has 0 atom stereocenters. The Morgan fingerprint density at radius 1 is 1.04 bits per heavy atom.